The smallest absolute Gasteiger partial charge is 0.245 e. The van der Waals surface area contributed by atoms with Gasteiger partial charge in [-0.1, -0.05) is 5.92 Å². The average Bonchev–Trinajstić information content (AvgIpc) is 2.98. The lowest BCUT2D eigenvalue weighted by Crippen LogP contribution is -2.35. The van der Waals surface area contributed by atoms with Crippen LogP contribution in [0.25, 0.3) is 0 Å². The second-order valence-electron chi connectivity index (χ2n) is 3.16. The molecule has 0 bridgehead atoms. The van der Waals surface area contributed by atoms with Crippen LogP contribution in [0.1, 0.15) is 12.8 Å². The maximum Gasteiger partial charge on any atom is 0.245 e. The predicted octanol–water partition coefficient (Wildman–Crippen LogP) is -0.145. The molecule has 1 rings (SSSR count). The van der Waals surface area contributed by atoms with E-state index in [2.05, 4.69) is 11.2 Å². The Labute approximate surface area is 82.3 Å². The number of terminal acetylenes is 1. The fourth-order valence-corrected chi connectivity index (χ4v) is 1.10. The summed E-state index contributed by atoms with van der Waals surface area (Å²) in [7, 11) is 0. The van der Waals surface area contributed by atoms with Crippen LogP contribution in [0.2, 0.25) is 0 Å². The van der Waals surface area contributed by atoms with Gasteiger partial charge in [0.05, 0.1) is 12.6 Å². The van der Waals surface area contributed by atoms with E-state index in [1.54, 1.807) is 6.07 Å². The topological polar surface area (TPSA) is 70.0 Å². The summed E-state index contributed by atoms with van der Waals surface area (Å²) in [6.07, 6.45) is 6.52. The number of nitrogens with one attached hydrogen (secondary N) is 1. The molecule has 0 heterocycles. The first-order valence-corrected chi connectivity index (χ1v) is 4.35. The van der Waals surface area contributed by atoms with Crippen molar-refractivity contribution in [1.29, 1.82) is 5.26 Å². The monoisotopic (exact) mass is 190 g/mol. The highest BCUT2D eigenvalue weighted by Gasteiger charge is 2.38. The molecule has 4 nitrogen and oxygen atoms in total. The summed E-state index contributed by atoms with van der Waals surface area (Å²) in [5.74, 6) is 0.0804. The Morgan fingerprint density at radius 1 is 1.57 bits per heavy atom. The van der Waals surface area contributed by atoms with E-state index < -0.39 is 11.8 Å². The number of amides is 1. The fourth-order valence-electron chi connectivity index (χ4n) is 1.10. The van der Waals surface area contributed by atoms with Gasteiger partial charge in [0, 0.05) is 5.92 Å². The van der Waals surface area contributed by atoms with E-state index in [9.17, 15) is 9.59 Å². The summed E-state index contributed by atoms with van der Waals surface area (Å²) in [5.41, 5.74) is 0. The summed E-state index contributed by atoms with van der Waals surface area (Å²) in [4.78, 5) is 22.7. The van der Waals surface area contributed by atoms with Crippen LogP contribution in [0.5, 0.6) is 0 Å². The molecule has 0 aromatic carbocycles. The summed E-state index contributed by atoms with van der Waals surface area (Å²) in [6, 6.07) is 1.70. The molecule has 0 aliphatic heterocycles. The number of hydrogen-bond acceptors (Lipinski definition) is 3. The van der Waals surface area contributed by atoms with Gasteiger partial charge >= 0.3 is 0 Å². The van der Waals surface area contributed by atoms with Crippen molar-refractivity contribution in [3.05, 3.63) is 0 Å². The largest absolute Gasteiger partial charge is 0.344 e. The van der Waals surface area contributed by atoms with Gasteiger partial charge < -0.3 is 5.32 Å². The minimum Gasteiger partial charge on any atom is -0.344 e. The van der Waals surface area contributed by atoms with E-state index in [1.165, 1.54) is 0 Å². The second kappa shape index (κ2) is 4.43. The molecule has 1 unspecified atom stereocenters. The molecule has 1 aliphatic rings. The van der Waals surface area contributed by atoms with E-state index >= 15 is 0 Å². The molecule has 0 aromatic heterocycles. The predicted molar refractivity (Wildman–Crippen MR) is 48.7 cm³/mol. The Morgan fingerprint density at radius 2 is 2.21 bits per heavy atom. The van der Waals surface area contributed by atoms with Gasteiger partial charge in [-0.25, -0.2) is 0 Å². The van der Waals surface area contributed by atoms with Crippen LogP contribution in [0.4, 0.5) is 0 Å². The van der Waals surface area contributed by atoms with Gasteiger partial charge in [0.2, 0.25) is 5.91 Å². The zero-order valence-electron chi connectivity index (χ0n) is 7.62. The van der Waals surface area contributed by atoms with Crippen molar-refractivity contribution in [2.75, 3.05) is 6.54 Å². The number of hydrogen-bond donors (Lipinski definition) is 1. The SMILES string of the molecule is C#CCNC(=O)C(C#N)C(=O)C1CC1. The number of nitrogens with zero attached hydrogens (tertiary/aromatic N) is 1. The van der Waals surface area contributed by atoms with Gasteiger partial charge in [-0.05, 0) is 12.8 Å². The maximum atomic E-state index is 11.4. The molecule has 0 radical (unpaired) electrons. The molecule has 14 heavy (non-hydrogen) atoms. The van der Waals surface area contributed by atoms with Crippen molar-refractivity contribution in [1.82, 2.24) is 5.32 Å². The summed E-state index contributed by atoms with van der Waals surface area (Å²) >= 11 is 0. The number of nitriles is 1. The van der Waals surface area contributed by atoms with E-state index in [0.717, 1.165) is 12.8 Å². The van der Waals surface area contributed by atoms with E-state index in [-0.39, 0.29) is 18.2 Å². The fraction of sp³-hybridized carbons (Fsp3) is 0.500. The molecular formula is C10H10N2O2. The number of rotatable bonds is 4. The van der Waals surface area contributed by atoms with Crippen molar-refractivity contribution in [2.24, 2.45) is 11.8 Å². The minimum atomic E-state index is -1.18. The van der Waals surface area contributed by atoms with Gasteiger partial charge in [-0.15, -0.1) is 6.42 Å². The zero-order valence-corrected chi connectivity index (χ0v) is 7.62. The van der Waals surface area contributed by atoms with Crippen molar-refractivity contribution < 1.29 is 9.59 Å². The van der Waals surface area contributed by atoms with Crippen molar-refractivity contribution in [3.8, 4) is 18.4 Å². The summed E-state index contributed by atoms with van der Waals surface area (Å²) in [5, 5.41) is 11.0. The molecule has 0 aromatic rings. The highest BCUT2D eigenvalue weighted by Crippen LogP contribution is 2.32. The Bertz CT molecular complexity index is 331. The third-order valence-corrected chi connectivity index (χ3v) is 2.02. The summed E-state index contributed by atoms with van der Waals surface area (Å²) < 4.78 is 0. The lowest BCUT2D eigenvalue weighted by Gasteiger charge is -2.06. The average molecular weight is 190 g/mol. The second-order valence-corrected chi connectivity index (χ2v) is 3.16. The number of carbonyl (C=O) groups excluding carboxylic acids is 2. The number of Topliss-reactive ketones (excluding diaryl/α,β-unsaturated/α-hetero) is 1. The quantitative estimate of drug-likeness (QED) is 0.495. The molecular weight excluding hydrogens is 180 g/mol. The summed E-state index contributed by atoms with van der Waals surface area (Å²) in [6.45, 7) is 0.0506. The molecule has 1 N–H and O–H groups in total. The first kappa shape index (κ1) is 10.3. The zero-order chi connectivity index (χ0) is 10.6. The van der Waals surface area contributed by atoms with Crippen LogP contribution < -0.4 is 5.32 Å². The lowest BCUT2D eigenvalue weighted by molar-refractivity contribution is -0.132. The Morgan fingerprint density at radius 3 is 2.64 bits per heavy atom. The van der Waals surface area contributed by atoms with Gasteiger partial charge in [0.15, 0.2) is 11.7 Å². The number of ketones is 1. The van der Waals surface area contributed by atoms with Crippen LogP contribution >= 0.6 is 0 Å². The standard InChI is InChI=1S/C10H10N2O2/c1-2-5-12-10(14)8(6-11)9(13)7-3-4-7/h1,7-8H,3-5H2,(H,12,14). The normalized spacial score (nSPS) is 16.1. The van der Waals surface area contributed by atoms with E-state index in [4.69, 9.17) is 11.7 Å². The first-order valence-electron chi connectivity index (χ1n) is 4.35. The van der Waals surface area contributed by atoms with E-state index in [0.29, 0.717) is 0 Å². The van der Waals surface area contributed by atoms with Crippen molar-refractivity contribution in [3.63, 3.8) is 0 Å². The van der Waals surface area contributed by atoms with Gasteiger partial charge in [-0.3, -0.25) is 9.59 Å². The third-order valence-electron chi connectivity index (χ3n) is 2.02. The van der Waals surface area contributed by atoms with Crippen molar-refractivity contribution >= 4 is 11.7 Å². The van der Waals surface area contributed by atoms with Crippen LogP contribution in [-0.4, -0.2) is 18.2 Å². The van der Waals surface area contributed by atoms with E-state index in [1.807, 2.05) is 0 Å². The molecule has 1 aliphatic carbocycles. The molecule has 1 saturated carbocycles. The molecule has 1 amide bonds. The maximum absolute atomic E-state index is 11.4. The Kier molecular flexibility index (Phi) is 3.25. The first-order chi connectivity index (χ1) is 6.70. The Balaban J connectivity index is 2.53. The van der Waals surface area contributed by atoms with Crippen molar-refractivity contribution in [2.45, 2.75) is 12.8 Å². The highest BCUT2D eigenvalue weighted by molar-refractivity contribution is 6.05. The third kappa shape index (κ3) is 2.34. The van der Waals surface area contributed by atoms with Gasteiger partial charge in [0.25, 0.3) is 0 Å². The lowest BCUT2D eigenvalue weighted by atomic mass is 10.0. The van der Waals surface area contributed by atoms with Crippen LogP contribution in [0.3, 0.4) is 0 Å². The molecule has 1 atom stereocenters. The molecule has 4 heteroatoms. The van der Waals surface area contributed by atoms with Crippen LogP contribution in [0.15, 0.2) is 0 Å². The minimum absolute atomic E-state index is 0.0506. The molecule has 0 saturated heterocycles. The van der Waals surface area contributed by atoms with Gasteiger partial charge in [-0.2, -0.15) is 5.26 Å². The van der Waals surface area contributed by atoms with Crippen LogP contribution in [-0.2, 0) is 9.59 Å². The molecule has 72 valence electrons. The van der Waals surface area contributed by atoms with Crippen LogP contribution in [0, 0.1) is 35.5 Å². The Hall–Kier alpha value is -1.81. The highest BCUT2D eigenvalue weighted by atomic mass is 16.2. The number of carbonyl (C=O) groups is 2. The molecule has 1 fully saturated rings. The molecule has 0 spiro atoms. The van der Waals surface area contributed by atoms with Gasteiger partial charge in [0.1, 0.15) is 0 Å².